The van der Waals surface area contributed by atoms with Gasteiger partial charge in [0.1, 0.15) is 28.8 Å². The van der Waals surface area contributed by atoms with Crippen LogP contribution in [0.15, 0.2) is 77.5 Å². The smallest absolute Gasteiger partial charge is 0.262 e. The maximum absolute atomic E-state index is 13.0. The van der Waals surface area contributed by atoms with E-state index >= 15 is 0 Å². The van der Waals surface area contributed by atoms with Gasteiger partial charge in [-0.2, -0.15) is 0 Å². The second-order valence-corrected chi connectivity index (χ2v) is 12.7. The summed E-state index contributed by atoms with van der Waals surface area (Å²) in [4.78, 5) is 66.3. The van der Waals surface area contributed by atoms with Crippen LogP contribution in [-0.4, -0.2) is 70.2 Å². The van der Waals surface area contributed by atoms with Crippen molar-refractivity contribution < 1.29 is 28.3 Å². The number of rotatable bonds is 12. The van der Waals surface area contributed by atoms with Crippen molar-refractivity contribution in [2.45, 2.75) is 51.0 Å². The van der Waals surface area contributed by atoms with E-state index in [0.29, 0.717) is 23.9 Å². The maximum atomic E-state index is 13.0. The van der Waals surface area contributed by atoms with E-state index in [1.165, 1.54) is 5.56 Å². The number of pyridine rings is 2. The number of aromatic nitrogens is 3. The molecule has 1 atom stereocenters. The Kier molecular flexibility index (Phi) is 9.07. The van der Waals surface area contributed by atoms with Crippen LogP contribution < -0.4 is 15.0 Å². The Labute approximate surface area is 288 Å². The highest BCUT2D eigenvalue weighted by Crippen LogP contribution is 2.31. The summed E-state index contributed by atoms with van der Waals surface area (Å²) in [6.45, 7) is 0.471. The lowest BCUT2D eigenvalue weighted by Crippen LogP contribution is -2.54. The molecule has 7 rings (SSSR count). The SMILES string of the molecule is CN(C)c1ccc(-c2ccc(-c3nc4ccc(CCCCCCOc5ccc6c(c5)C(=O)N(C5CCC(=O)NC5=O)C6=O)cc4o3)nc2)cn1. The number of carbonyl (C=O) groups is 4. The normalized spacial score (nSPS) is 15.8. The highest BCUT2D eigenvalue weighted by Gasteiger charge is 2.44. The van der Waals surface area contributed by atoms with Crippen LogP contribution in [0.5, 0.6) is 5.75 Å². The molecule has 12 heteroatoms. The van der Waals surface area contributed by atoms with Crippen LogP contribution >= 0.6 is 0 Å². The Bertz CT molecular complexity index is 2090. The molecule has 3 aromatic heterocycles. The lowest BCUT2D eigenvalue weighted by atomic mass is 10.0. The van der Waals surface area contributed by atoms with E-state index in [1.807, 2.05) is 61.6 Å². The summed E-state index contributed by atoms with van der Waals surface area (Å²) in [6.07, 6.45) is 8.58. The average molecular weight is 673 g/mol. The lowest BCUT2D eigenvalue weighted by Gasteiger charge is -2.27. The quantitative estimate of drug-likeness (QED) is 0.131. The number of piperidine rings is 1. The number of nitrogens with zero attached hydrogens (tertiary/aromatic N) is 5. The molecule has 2 aliphatic heterocycles. The Balaban J connectivity index is 0.864. The number of nitrogens with one attached hydrogen (secondary N) is 1. The molecule has 0 spiro atoms. The number of imide groups is 2. The zero-order valence-corrected chi connectivity index (χ0v) is 27.8. The van der Waals surface area contributed by atoms with Crippen LogP contribution in [0.4, 0.5) is 5.82 Å². The van der Waals surface area contributed by atoms with Gasteiger partial charge in [0.25, 0.3) is 11.8 Å². The number of amides is 4. The Hall–Kier alpha value is -5.91. The fourth-order valence-corrected chi connectivity index (χ4v) is 6.26. The van der Waals surface area contributed by atoms with Gasteiger partial charge >= 0.3 is 0 Å². The fraction of sp³-hybridized carbons (Fsp3) is 0.289. The summed E-state index contributed by atoms with van der Waals surface area (Å²) >= 11 is 0. The summed E-state index contributed by atoms with van der Waals surface area (Å²) in [6, 6.07) is 17.8. The third-order valence-corrected chi connectivity index (χ3v) is 9.01. The third-order valence-electron chi connectivity index (χ3n) is 9.01. The van der Waals surface area contributed by atoms with Gasteiger partial charge in [-0.3, -0.25) is 34.4 Å². The number of anilines is 1. The largest absolute Gasteiger partial charge is 0.494 e. The molecule has 0 radical (unpaired) electrons. The molecule has 5 heterocycles. The van der Waals surface area contributed by atoms with E-state index in [9.17, 15) is 19.2 Å². The van der Waals surface area contributed by atoms with Crippen molar-refractivity contribution in [3.63, 3.8) is 0 Å². The minimum atomic E-state index is -0.989. The van der Waals surface area contributed by atoms with Crippen molar-refractivity contribution in [3.05, 3.63) is 89.7 Å². The molecule has 50 heavy (non-hydrogen) atoms. The van der Waals surface area contributed by atoms with Crippen molar-refractivity contribution in [3.8, 4) is 28.5 Å². The molecule has 4 amide bonds. The first-order valence-electron chi connectivity index (χ1n) is 16.7. The lowest BCUT2D eigenvalue weighted by molar-refractivity contribution is -0.136. The number of oxazole rings is 1. The first kappa shape index (κ1) is 32.6. The van der Waals surface area contributed by atoms with Gasteiger partial charge in [0.05, 0.1) is 17.7 Å². The molecule has 12 nitrogen and oxygen atoms in total. The number of unbranched alkanes of at least 4 members (excludes halogenated alkanes) is 3. The van der Waals surface area contributed by atoms with E-state index in [0.717, 1.165) is 65.0 Å². The van der Waals surface area contributed by atoms with Gasteiger partial charge in [-0.15, -0.1) is 0 Å². The molecule has 1 unspecified atom stereocenters. The van der Waals surface area contributed by atoms with Crippen LogP contribution in [0.25, 0.3) is 33.8 Å². The molecule has 2 aliphatic rings. The topological polar surface area (TPSA) is 148 Å². The molecule has 254 valence electrons. The van der Waals surface area contributed by atoms with Gasteiger partial charge in [-0.1, -0.05) is 25.0 Å². The average Bonchev–Trinajstić information content (AvgIpc) is 3.65. The van der Waals surface area contributed by atoms with Crippen LogP contribution in [0.1, 0.15) is 64.8 Å². The molecule has 2 aromatic carbocycles. The molecule has 0 bridgehead atoms. The Morgan fingerprint density at radius 2 is 1.64 bits per heavy atom. The van der Waals surface area contributed by atoms with Crippen LogP contribution in [0.3, 0.4) is 0 Å². The predicted octanol–water partition coefficient (Wildman–Crippen LogP) is 5.60. The minimum absolute atomic E-state index is 0.0799. The van der Waals surface area contributed by atoms with Crippen molar-refractivity contribution in [2.75, 3.05) is 25.6 Å². The predicted molar refractivity (Wildman–Crippen MR) is 186 cm³/mol. The molecule has 0 aliphatic carbocycles. The standard InChI is InChI=1S/C38H36N6O6/c1-43(2)33-16-10-25(22-40-33)24-9-14-30(39-21-24)36-41-29-13-8-23(19-32(29)50-36)7-5-3-4-6-18-49-26-11-12-27-28(20-26)38(48)44(37(27)47)31-15-17-34(45)42-35(31)46/h8-14,16,19-22,31H,3-7,15,17-18H2,1-2H3,(H,42,45,46). The maximum Gasteiger partial charge on any atom is 0.262 e. The second kappa shape index (κ2) is 13.9. The minimum Gasteiger partial charge on any atom is -0.494 e. The number of hydrogen-bond donors (Lipinski definition) is 1. The molecule has 1 fully saturated rings. The number of benzene rings is 2. The molecular formula is C38H36N6O6. The summed E-state index contributed by atoms with van der Waals surface area (Å²) in [5, 5.41) is 2.21. The Morgan fingerprint density at radius 1 is 0.860 bits per heavy atom. The summed E-state index contributed by atoms with van der Waals surface area (Å²) in [5.74, 6) is -0.238. The van der Waals surface area contributed by atoms with Gasteiger partial charge in [-0.25, -0.2) is 9.97 Å². The zero-order valence-electron chi connectivity index (χ0n) is 27.8. The molecule has 0 saturated carbocycles. The van der Waals surface area contributed by atoms with E-state index in [-0.39, 0.29) is 24.0 Å². The first-order valence-corrected chi connectivity index (χ1v) is 16.7. The highest BCUT2D eigenvalue weighted by atomic mass is 16.5. The highest BCUT2D eigenvalue weighted by molar-refractivity contribution is 6.23. The van der Waals surface area contributed by atoms with Gasteiger partial charge in [0, 0.05) is 44.0 Å². The third kappa shape index (κ3) is 6.69. The molecule has 1 saturated heterocycles. The van der Waals surface area contributed by atoms with Crippen molar-refractivity contribution >= 4 is 40.5 Å². The zero-order chi connectivity index (χ0) is 34.8. The van der Waals surface area contributed by atoms with Crippen LogP contribution in [-0.2, 0) is 16.0 Å². The van der Waals surface area contributed by atoms with Crippen molar-refractivity contribution in [2.24, 2.45) is 0 Å². The van der Waals surface area contributed by atoms with E-state index in [1.54, 1.807) is 24.4 Å². The van der Waals surface area contributed by atoms with E-state index in [4.69, 9.17) is 9.15 Å². The monoisotopic (exact) mass is 672 g/mol. The van der Waals surface area contributed by atoms with Gasteiger partial charge < -0.3 is 14.1 Å². The summed E-state index contributed by atoms with van der Waals surface area (Å²) in [7, 11) is 3.92. The number of hydrogen-bond acceptors (Lipinski definition) is 10. The number of aryl methyl sites for hydroxylation is 1. The summed E-state index contributed by atoms with van der Waals surface area (Å²) < 4.78 is 12.0. The van der Waals surface area contributed by atoms with Gasteiger partial charge in [-0.05, 0) is 79.8 Å². The fourth-order valence-electron chi connectivity index (χ4n) is 6.26. The number of fused-ring (bicyclic) bond motifs is 2. The number of carbonyl (C=O) groups excluding carboxylic acids is 4. The molecule has 5 aromatic rings. The van der Waals surface area contributed by atoms with Crippen LogP contribution in [0, 0.1) is 0 Å². The first-order chi connectivity index (χ1) is 24.2. The van der Waals surface area contributed by atoms with Gasteiger partial charge in [0.15, 0.2) is 5.58 Å². The van der Waals surface area contributed by atoms with E-state index in [2.05, 4.69) is 26.3 Å². The number of ether oxygens (including phenoxy) is 1. The van der Waals surface area contributed by atoms with E-state index < -0.39 is 29.7 Å². The van der Waals surface area contributed by atoms with Crippen LogP contribution in [0.2, 0.25) is 0 Å². The Morgan fingerprint density at radius 3 is 2.38 bits per heavy atom. The molecular weight excluding hydrogens is 636 g/mol. The van der Waals surface area contributed by atoms with Gasteiger partial charge in [0.2, 0.25) is 17.7 Å². The summed E-state index contributed by atoms with van der Waals surface area (Å²) in [5.41, 5.74) is 5.76. The van der Waals surface area contributed by atoms with Crippen molar-refractivity contribution in [1.82, 2.24) is 25.2 Å². The van der Waals surface area contributed by atoms with Crippen molar-refractivity contribution in [1.29, 1.82) is 0 Å². The molecule has 1 N–H and O–H groups in total. The second-order valence-electron chi connectivity index (χ2n) is 12.7.